The first-order valence-electron chi connectivity index (χ1n) is 5.18. The lowest BCUT2D eigenvalue weighted by Crippen LogP contribution is -2.18. The minimum atomic E-state index is -0.626. The van der Waals surface area contributed by atoms with Crippen molar-refractivity contribution in [2.45, 2.75) is 19.4 Å². The predicted molar refractivity (Wildman–Crippen MR) is 71.7 cm³/mol. The van der Waals surface area contributed by atoms with Crippen LogP contribution in [0.1, 0.15) is 13.3 Å². The van der Waals surface area contributed by atoms with Crippen molar-refractivity contribution in [3.8, 4) is 0 Å². The van der Waals surface area contributed by atoms with Gasteiger partial charge in [-0.1, -0.05) is 11.8 Å². The third-order valence-corrected chi connectivity index (χ3v) is 3.90. The highest BCUT2D eigenvalue weighted by molar-refractivity contribution is 9.10. The van der Waals surface area contributed by atoms with Crippen molar-refractivity contribution in [2.24, 2.45) is 4.99 Å². The van der Waals surface area contributed by atoms with E-state index < -0.39 is 11.6 Å². The Morgan fingerprint density at radius 2 is 2.24 bits per heavy atom. The molecule has 0 aromatic heterocycles. The molecule has 1 aromatic rings. The van der Waals surface area contributed by atoms with Crippen LogP contribution in [0.5, 0.6) is 0 Å². The average molecular weight is 321 g/mol. The van der Waals surface area contributed by atoms with Crippen LogP contribution in [-0.2, 0) is 0 Å². The number of benzene rings is 1. The maximum Gasteiger partial charge on any atom is 0.161 e. The van der Waals surface area contributed by atoms with Gasteiger partial charge in [-0.3, -0.25) is 4.99 Å². The topological polar surface area (TPSA) is 24.4 Å². The lowest BCUT2D eigenvalue weighted by Gasteiger charge is -2.18. The molecule has 1 N–H and O–H groups in total. The first-order chi connectivity index (χ1) is 8.06. The summed E-state index contributed by atoms with van der Waals surface area (Å²) < 4.78 is 26.8. The predicted octanol–water partition coefficient (Wildman–Crippen LogP) is 4.02. The molecule has 0 saturated carbocycles. The zero-order valence-corrected chi connectivity index (χ0v) is 11.5. The van der Waals surface area contributed by atoms with Crippen molar-refractivity contribution in [3.05, 3.63) is 28.2 Å². The zero-order chi connectivity index (χ0) is 12.4. The quantitative estimate of drug-likeness (QED) is 0.845. The Morgan fingerprint density at radius 1 is 1.47 bits per heavy atom. The summed E-state index contributed by atoms with van der Waals surface area (Å²) in [6.45, 7) is 2.01. The molecule has 2 nitrogen and oxygen atoms in total. The van der Waals surface area contributed by atoms with Crippen LogP contribution >= 0.6 is 27.7 Å². The van der Waals surface area contributed by atoms with E-state index in [1.54, 1.807) is 11.8 Å². The molecule has 0 fully saturated rings. The normalized spacial score (nSPS) is 20.0. The summed E-state index contributed by atoms with van der Waals surface area (Å²) in [6, 6.07) is 2.31. The summed E-state index contributed by atoms with van der Waals surface area (Å²) in [5, 5.41) is 3.58. The number of rotatable bonds is 1. The van der Waals surface area contributed by atoms with Crippen LogP contribution in [0.15, 0.2) is 21.6 Å². The van der Waals surface area contributed by atoms with Gasteiger partial charge in [-0.25, -0.2) is 8.78 Å². The van der Waals surface area contributed by atoms with E-state index in [0.717, 1.165) is 18.2 Å². The van der Waals surface area contributed by atoms with E-state index in [2.05, 4.69) is 26.2 Å². The summed E-state index contributed by atoms with van der Waals surface area (Å²) in [7, 11) is 0. The number of nitrogens with one attached hydrogen (secondary N) is 1. The number of hydrogen-bond donors (Lipinski definition) is 1. The molecule has 92 valence electrons. The molecule has 0 saturated heterocycles. The summed E-state index contributed by atoms with van der Waals surface area (Å²) in [6.07, 6.45) is 1.02. The maximum absolute atomic E-state index is 13.6. The van der Waals surface area contributed by atoms with Gasteiger partial charge < -0.3 is 5.32 Å². The fraction of sp³-hybridized carbons (Fsp3) is 0.364. The summed E-state index contributed by atoms with van der Waals surface area (Å²) in [4.78, 5) is 4.37. The Labute approximate surface area is 111 Å². The average Bonchev–Trinajstić information content (AvgIpc) is 2.23. The molecule has 1 aliphatic heterocycles. The smallest absolute Gasteiger partial charge is 0.161 e. The summed E-state index contributed by atoms with van der Waals surface area (Å²) in [5.41, 5.74) is 0.228. The lowest BCUT2D eigenvalue weighted by molar-refractivity contribution is 0.585. The molecule has 0 bridgehead atoms. The standard InChI is InChI=1S/C11H11BrF2N2S/c1-6-2-3-17-11(15-6)16-10-8(12)4-7(13)5-9(10)14/h4-6H,2-3H2,1H3,(H,15,16). The van der Waals surface area contributed by atoms with Gasteiger partial charge in [-0.05, 0) is 35.3 Å². The summed E-state index contributed by atoms with van der Waals surface area (Å²) in [5.74, 6) is -0.280. The fourth-order valence-electron chi connectivity index (χ4n) is 1.47. The van der Waals surface area contributed by atoms with Gasteiger partial charge >= 0.3 is 0 Å². The monoisotopic (exact) mass is 320 g/mol. The van der Waals surface area contributed by atoms with Crippen molar-refractivity contribution >= 4 is 38.5 Å². The van der Waals surface area contributed by atoms with E-state index in [1.807, 2.05) is 6.92 Å². The van der Waals surface area contributed by atoms with Gasteiger partial charge in [0.2, 0.25) is 0 Å². The van der Waals surface area contributed by atoms with Crippen molar-refractivity contribution in [2.75, 3.05) is 11.1 Å². The number of anilines is 1. The maximum atomic E-state index is 13.6. The van der Waals surface area contributed by atoms with Gasteiger partial charge in [-0.15, -0.1) is 0 Å². The number of thioether (sulfide) groups is 1. The first kappa shape index (κ1) is 12.8. The minimum Gasteiger partial charge on any atom is -0.332 e. The zero-order valence-electron chi connectivity index (χ0n) is 9.14. The third kappa shape index (κ3) is 3.19. The Bertz CT molecular complexity index is 442. The summed E-state index contributed by atoms with van der Waals surface area (Å²) >= 11 is 4.67. The van der Waals surface area contributed by atoms with E-state index in [9.17, 15) is 8.78 Å². The van der Waals surface area contributed by atoms with Crippen LogP contribution in [0, 0.1) is 11.6 Å². The Hall–Kier alpha value is -0.620. The van der Waals surface area contributed by atoms with Crippen LogP contribution in [0.25, 0.3) is 0 Å². The molecule has 1 aliphatic rings. The highest BCUT2D eigenvalue weighted by Crippen LogP contribution is 2.29. The number of hydrogen-bond acceptors (Lipinski definition) is 3. The highest BCUT2D eigenvalue weighted by atomic mass is 79.9. The minimum absolute atomic E-state index is 0.228. The number of halogens is 3. The van der Waals surface area contributed by atoms with E-state index in [4.69, 9.17) is 0 Å². The molecule has 17 heavy (non-hydrogen) atoms. The fourth-order valence-corrected chi connectivity index (χ4v) is 3.05. The second-order valence-corrected chi connectivity index (χ2v) is 5.73. The van der Waals surface area contributed by atoms with Crippen LogP contribution in [0.4, 0.5) is 14.5 Å². The molecular weight excluding hydrogens is 310 g/mol. The van der Waals surface area contributed by atoms with E-state index in [0.29, 0.717) is 9.64 Å². The molecule has 0 spiro atoms. The molecular formula is C11H11BrF2N2S. The van der Waals surface area contributed by atoms with Crippen LogP contribution in [0.3, 0.4) is 0 Å². The van der Waals surface area contributed by atoms with Gasteiger partial charge in [0.1, 0.15) is 5.82 Å². The molecule has 1 atom stereocenters. The van der Waals surface area contributed by atoms with Gasteiger partial charge in [-0.2, -0.15) is 0 Å². The molecule has 0 aliphatic carbocycles. The van der Waals surface area contributed by atoms with Crippen LogP contribution < -0.4 is 5.32 Å². The molecule has 0 amide bonds. The lowest BCUT2D eigenvalue weighted by atomic mass is 10.3. The molecule has 1 unspecified atom stereocenters. The number of aliphatic imine (C=N–C) groups is 1. The Kier molecular flexibility index (Phi) is 4.04. The van der Waals surface area contributed by atoms with Crippen molar-refractivity contribution in [1.82, 2.24) is 0 Å². The van der Waals surface area contributed by atoms with E-state index in [1.165, 1.54) is 6.07 Å². The van der Waals surface area contributed by atoms with E-state index >= 15 is 0 Å². The molecule has 2 rings (SSSR count). The van der Waals surface area contributed by atoms with Crippen molar-refractivity contribution < 1.29 is 8.78 Å². The number of nitrogens with zero attached hydrogens (tertiary/aromatic N) is 1. The molecule has 0 radical (unpaired) electrons. The van der Waals surface area contributed by atoms with Crippen molar-refractivity contribution in [1.29, 1.82) is 0 Å². The van der Waals surface area contributed by atoms with Gasteiger partial charge in [0.15, 0.2) is 11.0 Å². The second kappa shape index (κ2) is 5.35. The SMILES string of the molecule is CC1CCSC(Nc2c(F)cc(F)cc2Br)=N1. The van der Waals surface area contributed by atoms with Gasteiger partial charge in [0.05, 0.1) is 11.7 Å². The van der Waals surface area contributed by atoms with Gasteiger partial charge in [0, 0.05) is 16.3 Å². The third-order valence-electron chi connectivity index (χ3n) is 2.35. The van der Waals surface area contributed by atoms with E-state index in [-0.39, 0.29) is 11.7 Å². The molecule has 6 heteroatoms. The largest absolute Gasteiger partial charge is 0.332 e. The second-order valence-electron chi connectivity index (χ2n) is 3.79. The first-order valence-corrected chi connectivity index (χ1v) is 6.96. The van der Waals surface area contributed by atoms with Crippen molar-refractivity contribution in [3.63, 3.8) is 0 Å². The van der Waals surface area contributed by atoms with Crippen LogP contribution in [0.2, 0.25) is 0 Å². The molecule has 1 aromatic carbocycles. The Balaban J connectivity index is 2.24. The van der Waals surface area contributed by atoms with Gasteiger partial charge in [0.25, 0.3) is 0 Å². The van der Waals surface area contributed by atoms with Crippen LogP contribution in [-0.4, -0.2) is 17.0 Å². The number of amidine groups is 1. The molecule has 1 heterocycles. The Morgan fingerprint density at radius 3 is 2.88 bits per heavy atom. The highest BCUT2D eigenvalue weighted by Gasteiger charge is 2.15.